The van der Waals surface area contributed by atoms with Gasteiger partial charge in [-0.2, -0.15) is 4.98 Å². The van der Waals surface area contributed by atoms with Crippen molar-refractivity contribution in [1.82, 2.24) is 10.1 Å². The van der Waals surface area contributed by atoms with Crippen molar-refractivity contribution in [3.05, 3.63) is 18.2 Å². The fraction of sp³-hybridized carbons (Fsp3) is 0.467. The lowest BCUT2D eigenvalue weighted by molar-refractivity contribution is 0.416. The molecular formula is C15H20N4O2. The lowest BCUT2D eigenvalue weighted by atomic mass is 10.2. The van der Waals surface area contributed by atoms with E-state index in [2.05, 4.69) is 15.0 Å². The Morgan fingerprint density at radius 2 is 1.95 bits per heavy atom. The fourth-order valence-corrected chi connectivity index (χ4v) is 2.60. The molecule has 0 aliphatic carbocycles. The number of hydrogen-bond acceptors (Lipinski definition) is 6. The third-order valence-corrected chi connectivity index (χ3v) is 3.78. The van der Waals surface area contributed by atoms with Crippen LogP contribution in [0.5, 0.6) is 5.75 Å². The van der Waals surface area contributed by atoms with Gasteiger partial charge in [0.05, 0.1) is 12.8 Å². The summed E-state index contributed by atoms with van der Waals surface area (Å²) in [5, 5.41) is 4.10. The summed E-state index contributed by atoms with van der Waals surface area (Å²) in [5.74, 6) is 1.80. The summed E-state index contributed by atoms with van der Waals surface area (Å²) in [6.45, 7) is 1.98. The van der Waals surface area contributed by atoms with Gasteiger partial charge in [0.2, 0.25) is 0 Å². The first kappa shape index (κ1) is 13.7. The Hall–Kier alpha value is -2.24. The molecule has 112 valence electrons. The molecular weight excluding hydrogens is 268 g/mol. The molecule has 0 atom stereocenters. The first-order valence-corrected chi connectivity index (χ1v) is 7.30. The Morgan fingerprint density at radius 1 is 1.19 bits per heavy atom. The van der Waals surface area contributed by atoms with Crippen molar-refractivity contribution < 1.29 is 9.26 Å². The maximum atomic E-state index is 5.91. The highest BCUT2D eigenvalue weighted by Crippen LogP contribution is 2.28. The molecule has 6 heteroatoms. The Bertz CT molecular complexity index is 603. The predicted octanol–water partition coefficient (Wildman–Crippen LogP) is 2.71. The van der Waals surface area contributed by atoms with Crippen LogP contribution in [0.3, 0.4) is 0 Å². The SMILES string of the molecule is COc1ccc(-c2nc(N3CCCCCC3)no2)cc1N. The zero-order chi connectivity index (χ0) is 14.7. The van der Waals surface area contributed by atoms with Gasteiger partial charge in [0.15, 0.2) is 0 Å². The van der Waals surface area contributed by atoms with Crippen molar-refractivity contribution in [2.24, 2.45) is 0 Å². The average Bonchev–Trinajstić information content (AvgIpc) is 2.83. The van der Waals surface area contributed by atoms with Crippen LogP contribution in [-0.2, 0) is 0 Å². The Kier molecular flexibility index (Phi) is 3.94. The highest BCUT2D eigenvalue weighted by atomic mass is 16.5. The van der Waals surface area contributed by atoms with Gasteiger partial charge in [0.25, 0.3) is 11.8 Å². The van der Waals surface area contributed by atoms with Crippen LogP contribution in [0.2, 0.25) is 0 Å². The number of hydrogen-bond donors (Lipinski definition) is 1. The zero-order valence-electron chi connectivity index (χ0n) is 12.2. The molecule has 1 aromatic carbocycles. The van der Waals surface area contributed by atoms with Gasteiger partial charge >= 0.3 is 0 Å². The summed E-state index contributed by atoms with van der Waals surface area (Å²) in [7, 11) is 1.59. The van der Waals surface area contributed by atoms with Gasteiger partial charge in [0, 0.05) is 18.7 Å². The molecule has 1 saturated heterocycles. The Balaban J connectivity index is 1.82. The van der Waals surface area contributed by atoms with Crippen LogP contribution in [0.4, 0.5) is 11.6 Å². The lowest BCUT2D eigenvalue weighted by Gasteiger charge is -2.16. The van der Waals surface area contributed by atoms with E-state index in [1.807, 2.05) is 6.07 Å². The largest absolute Gasteiger partial charge is 0.495 e. The van der Waals surface area contributed by atoms with Crippen molar-refractivity contribution in [3.63, 3.8) is 0 Å². The molecule has 0 bridgehead atoms. The fourth-order valence-electron chi connectivity index (χ4n) is 2.60. The molecule has 1 aliphatic heterocycles. The normalized spacial score (nSPS) is 15.8. The van der Waals surface area contributed by atoms with Crippen molar-refractivity contribution in [1.29, 1.82) is 0 Å². The number of ether oxygens (including phenoxy) is 1. The quantitative estimate of drug-likeness (QED) is 0.875. The smallest absolute Gasteiger partial charge is 0.266 e. The average molecular weight is 288 g/mol. The maximum absolute atomic E-state index is 5.91. The molecule has 1 aromatic heterocycles. The molecule has 0 unspecified atom stereocenters. The van der Waals surface area contributed by atoms with Gasteiger partial charge in [-0.15, -0.1) is 0 Å². The number of nitrogens with zero attached hydrogens (tertiary/aromatic N) is 3. The highest BCUT2D eigenvalue weighted by Gasteiger charge is 2.17. The molecule has 2 aromatic rings. The predicted molar refractivity (Wildman–Crippen MR) is 81.4 cm³/mol. The summed E-state index contributed by atoms with van der Waals surface area (Å²) in [6.07, 6.45) is 4.91. The van der Waals surface area contributed by atoms with Crippen molar-refractivity contribution in [3.8, 4) is 17.2 Å². The van der Waals surface area contributed by atoms with Gasteiger partial charge in [0.1, 0.15) is 5.75 Å². The van der Waals surface area contributed by atoms with Gasteiger partial charge in [-0.3, -0.25) is 0 Å². The van der Waals surface area contributed by atoms with E-state index < -0.39 is 0 Å². The molecule has 3 rings (SSSR count). The van der Waals surface area contributed by atoms with Crippen LogP contribution >= 0.6 is 0 Å². The van der Waals surface area contributed by atoms with Gasteiger partial charge in [-0.25, -0.2) is 0 Å². The standard InChI is InChI=1S/C15H20N4O2/c1-20-13-7-6-11(10-12(13)16)14-17-15(18-21-14)19-8-4-2-3-5-9-19/h6-7,10H,2-5,8-9,16H2,1H3. The first-order chi connectivity index (χ1) is 10.3. The molecule has 1 aliphatic rings. The molecule has 0 radical (unpaired) electrons. The van der Waals surface area contributed by atoms with E-state index in [-0.39, 0.29) is 0 Å². The van der Waals surface area contributed by atoms with Crippen molar-refractivity contribution >= 4 is 11.6 Å². The molecule has 2 heterocycles. The summed E-state index contributed by atoms with van der Waals surface area (Å²) in [6, 6.07) is 5.47. The maximum Gasteiger partial charge on any atom is 0.266 e. The number of methoxy groups -OCH3 is 1. The van der Waals surface area contributed by atoms with Crippen LogP contribution in [-0.4, -0.2) is 30.3 Å². The van der Waals surface area contributed by atoms with Crippen LogP contribution in [0, 0.1) is 0 Å². The minimum atomic E-state index is 0.489. The first-order valence-electron chi connectivity index (χ1n) is 7.30. The van der Waals surface area contributed by atoms with E-state index in [0.29, 0.717) is 23.3 Å². The summed E-state index contributed by atoms with van der Waals surface area (Å²) < 4.78 is 10.5. The second-order valence-corrected chi connectivity index (χ2v) is 5.26. The molecule has 21 heavy (non-hydrogen) atoms. The summed E-state index contributed by atoms with van der Waals surface area (Å²) in [4.78, 5) is 6.68. The van der Waals surface area contributed by atoms with E-state index >= 15 is 0 Å². The van der Waals surface area contributed by atoms with Crippen LogP contribution < -0.4 is 15.4 Å². The third kappa shape index (κ3) is 2.94. The van der Waals surface area contributed by atoms with Crippen LogP contribution in [0.15, 0.2) is 22.7 Å². The number of anilines is 2. The lowest BCUT2D eigenvalue weighted by Crippen LogP contribution is -2.24. The minimum absolute atomic E-state index is 0.489. The Labute approximate surface area is 123 Å². The number of benzene rings is 1. The minimum Gasteiger partial charge on any atom is -0.495 e. The van der Waals surface area contributed by atoms with Gasteiger partial charge in [-0.05, 0) is 36.2 Å². The van der Waals surface area contributed by atoms with E-state index in [1.165, 1.54) is 25.7 Å². The van der Waals surface area contributed by atoms with E-state index in [1.54, 1.807) is 19.2 Å². The zero-order valence-corrected chi connectivity index (χ0v) is 12.2. The topological polar surface area (TPSA) is 77.4 Å². The van der Waals surface area contributed by atoms with Gasteiger partial charge < -0.3 is 19.9 Å². The third-order valence-electron chi connectivity index (χ3n) is 3.78. The van der Waals surface area contributed by atoms with E-state index in [4.69, 9.17) is 15.0 Å². The Morgan fingerprint density at radius 3 is 2.62 bits per heavy atom. The highest BCUT2D eigenvalue weighted by molar-refractivity contribution is 5.65. The summed E-state index contributed by atoms with van der Waals surface area (Å²) >= 11 is 0. The second kappa shape index (κ2) is 6.03. The number of aromatic nitrogens is 2. The number of nitrogen functional groups attached to an aromatic ring is 1. The van der Waals surface area contributed by atoms with Crippen molar-refractivity contribution in [2.75, 3.05) is 30.8 Å². The van der Waals surface area contributed by atoms with E-state index in [9.17, 15) is 0 Å². The van der Waals surface area contributed by atoms with Crippen LogP contribution in [0.25, 0.3) is 11.5 Å². The summed E-state index contributed by atoms with van der Waals surface area (Å²) in [5.41, 5.74) is 7.28. The van der Waals surface area contributed by atoms with E-state index in [0.717, 1.165) is 18.7 Å². The number of rotatable bonds is 3. The molecule has 0 amide bonds. The molecule has 0 spiro atoms. The van der Waals surface area contributed by atoms with Crippen molar-refractivity contribution in [2.45, 2.75) is 25.7 Å². The number of nitrogens with two attached hydrogens (primary N) is 1. The van der Waals surface area contributed by atoms with Gasteiger partial charge in [-0.1, -0.05) is 12.8 Å². The molecule has 2 N–H and O–H groups in total. The van der Waals surface area contributed by atoms with Crippen LogP contribution in [0.1, 0.15) is 25.7 Å². The monoisotopic (exact) mass is 288 g/mol. The molecule has 0 saturated carbocycles. The molecule has 6 nitrogen and oxygen atoms in total. The second-order valence-electron chi connectivity index (χ2n) is 5.26. The molecule has 1 fully saturated rings.